The van der Waals surface area contributed by atoms with Crippen LogP contribution in [-0.2, 0) is 32.0 Å². The number of nitrogens with one attached hydrogen (secondary N) is 8. The maximum absolute atomic E-state index is 14.8. The predicted octanol–water partition coefficient (Wildman–Crippen LogP) is 1.61. The number of aliphatic imine (C=N–C) groups is 1. The van der Waals surface area contributed by atoms with Crippen molar-refractivity contribution >= 4 is 51.5 Å². The summed E-state index contributed by atoms with van der Waals surface area (Å²) >= 11 is 0. The first-order valence-corrected chi connectivity index (χ1v) is 25.9. The third-order valence-corrected chi connectivity index (χ3v) is 11.5. The van der Waals surface area contributed by atoms with E-state index in [4.69, 9.17) is 35.8 Å². The van der Waals surface area contributed by atoms with Crippen LogP contribution in [0.2, 0.25) is 0 Å². The SMILES string of the molecule is COc1c(OCC(=O)NC(CCCN)C(=O)NCCNCCNC(C)C)cc2oc3cc(OCC(=O)NC(CCCN=C(N)N)C(=O)NCCNCCNC(C)C)c(CC=C(C)C)c(O)c3c(=O)c2c1CC=C(C)C. The largest absolute Gasteiger partial charge is 0.507 e. The van der Waals surface area contributed by atoms with E-state index >= 15 is 0 Å². The highest BCUT2D eigenvalue weighted by molar-refractivity contribution is 5.98. The maximum atomic E-state index is 14.8. The van der Waals surface area contributed by atoms with E-state index in [0.29, 0.717) is 76.2 Å². The number of carbonyl (C=O) groups is 4. The summed E-state index contributed by atoms with van der Waals surface area (Å²) in [5.41, 5.74) is 18.6. The molecule has 2 unspecified atom stereocenters. The zero-order valence-electron chi connectivity index (χ0n) is 45.6. The molecular formula is C53H86N12O10. The van der Waals surface area contributed by atoms with Crippen LogP contribution in [-0.4, -0.2) is 145 Å². The smallest absolute Gasteiger partial charge is 0.258 e. The zero-order chi connectivity index (χ0) is 55.5. The number of nitrogens with zero attached hydrogens (tertiary/aromatic N) is 1. The van der Waals surface area contributed by atoms with Gasteiger partial charge in [-0.05, 0) is 72.8 Å². The number of hydrogen-bond acceptors (Lipinski definition) is 16. The molecule has 3 rings (SSSR count). The summed E-state index contributed by atoms with van der Waals surface area (Å²) in [6, 6.07) is 1.76. The van der Waals surface area contributed by atoms with E-state index in [1.165, 1.54) is 19.2 Å². The fraction of sp³-hybridized carbons (Fsp3) is 0.585. The van der Waals surface area contributed by atoms with Crippen LogP contribution in [0.4, 0.5) is 0 Å². The Balaban J connectivity index is 1.98. The second-order valence-corrected chi connectivity index (χ2v) is 19.2. The lowest BCUT2D eigenvalue weighted by Gasteiger charge is -2.20. The standard InChI is InChI=1S/C53H86N12O10/c1-32(2)14-16-36-40(73-30-44(66)65-39(13-11-19-63-53(55)56)52(71)62-27-23-58-21-25-60-35(7)8)28-42-47(48(36)68)49(69)46-37(17-15-33(3)4)50(72-9)43(29-41(46)75-42)74-31-45(67)64-38(12-10-18-54)51(70)61-26-22-57-20-24-59-34(5)6/h14-15,28-29,34-35,38-39,57-60,68H,10-13,16-27,30-31,54H2,1-9H3,(H,61,70)(H,62,71)(H,64,67)(H,65,66)(H4,55,56,63). The molecule has 15 N–H and O–H groups in total. The van der Waals surface area contributed by atoms with Gasteiger partial charge >= 0.3 is 0 Å². The maximum Gasteiger partial charge on any atom is 0.258 e. The Morgan fingerprint density at radius 2 is 1.17 bits per heavy atom. The highest BCUT2D eigenvalue weighted by Crippen LogP contribution is 2.41. The van der Waals surface area contributed by atoms with E-state index in [9.17, 15) is 29.1 Å². The van der Waals surface area contributed by atoms with Gasteiger partial charge in [-0.15, -0.1) is 0 Å². The summed E-state index contributed by atoms with van der Waals surface area (Å²) in [6.45, 7) is 20.0. The zero-order valence-corrected chi connectivity index (χ0v) is 45.6. The Morgan fingerprint density at radius 3 is 1.67 bits per heavy atom. The Labute approximate surface area is 441 Å². The summed E-state index contributed by atoms with van der Waals surface area (Å²) in [4.78, 5) is 72.4. The van der Waals surface area contributed by atoms with Crippen LogP contribution < -0.4 is 79.4 Å². The van der Waals surface area contributed by atoms with Crippen molar-refractivity contribution in [1.82, 2.24) is 42.5 Å². The molecule has 0 saturated heterocycles. The van der Waals surface area contributed by atoms with Crippen LogP contribution >= 0.6 is 0 Å². The molecule has 0 aliphatic heterocycles. The quantitative estimate of drug-likeness (QED) is 0.0129. The van der Waals surface area contributed by atoms with Gasteiger partial charge in [0.05, 0.1) is 12.5 Å². The summed E-state index contributed by atoms with van der Waals surface area (Å²) in [5.74, 6) is -2.19. The van der Waals surface area contributed by atoms with Crippen LogP contribution in [0.5, 0.6) is 23.0 Å². The molecule has 2 atom stereocenters. The predicted molar refractivity (Wildman–Crippen MR) is 296 cm³/mol. The topological polar surface area (TPSA) is 333 Å². The van der Waals surface area contributed by atoms with Crippen molar-refractivity contribution in [1.29, 1.82) is 0 Å². The molecule has 418 valence electrons. The molecule has 1 heterocycles. The first kappa shape index (κ1) is 62.8. The number of amides is 4. The fourth-order valence-corrected chi connectivity index (χ4v) is 7.73. The highest BCUT2D eigenvalue weighted by Gasteiger charge is 2.27. The number of hydrogen-bond donors (Lipinski definition) is 12. The third-order valence-electron chi connectivity index (χ3n) is 11.5. The Hall–Kier alpha value is -6.46. The highest BCUT2D eigenvalue weighted by atomic mass is 16.5. The number of phenolic OH excluding ortho intramolecular Hbond substituents is 1. The number of rotatable bonds is 36. The number of benzene rings is 2. The van der Waals surface area contributed by atoms with Crippen LogP contribution in [0, 0.1) is 0 Å². The van der Waals surface area contributed by atoms with Gasteiger partial charge in [-0.25, -0.2) is 0 Å². The van der Waals surface area contributed by atoms with Crippen LogP contribution in [0.1, 0.15) is 92.2 Å². The number of carbonyl (C=O) groups excluding carboxylic acids is 4. The molecule has 0 saturated carbocycles. The fourth-order valence-electron chi connectivity index (χ4n) is 7.73. The van der Waals surface area contributed by atoms with Crippen molar-refractivity contribution in [3.63, 3.8) is 0 Å². The van der Waals surface area contributed by atoms with Crippen molar-refractivity contribution in [2.75, 3.05) is 85.8 Å². The first-order valence-electron chi connectivity index (χ1n) is 25.9. The molecular weight excluding hydrogens is 965 g/mol. The van der Waals surface area contributed by atoms with Crippen LogP contribution in [0.15, 0.2) is 49.6 Å². The van der Waals surface area contributed by atoms with Crippen LogP contribution in [0.3, 0.4) is 0 Å². The molecule has 22 nitrogen and oxygen atoms in total. The molecule has 0 spiro atoms. The number of phenols is 1. The molecule has 0 radical (unpaired) electrons. The first-order chi connectivity index (χ1) is 35.8. The Bertz CT molecular complexity index is 2480. The normalized spacial score (nSPS) is 12.0. The van der Waals surface area contributed by atoms with Crippen molar-refractivity contribution in [2.24, 2.45) is 22.2 Å². The average molecular weight is 1050 g/mol. The van der Waals surface area contributed by atoms with Gasteiger partial charge in [0.1, 0.15) is 40.1 Å². The molecule has 3 aromatic rings. The number of allylic oxidation sites excluding steroid dienone is 4. The van der Waals surface area contributed by atoms with E-state index in [0.717, 1.165) is 30.8 Å². The van der Waals surface area contributed by atoms with Gasteiger partial charge < -0.3 is 83.5 Å². The second-order valence-electron chi connectivity index (χ2n) is 19.2. The molecule has 2 aromatic carbocycles. The number of aromatic hydroxyl groups is 1. The van der Waals surface area contributed by atoms with Crippen LogP contribution in [0.25, 0.3) is 21.9 Å². The molecule has 0 aliphatic rings. The summed E-state index contributed by atoms with van der Waals surface area (Å²) < 4.78 is 24.5. The number of ether oxygens (including phenoxy) is 3. The molecule has 0 bridgehead atoms. The van der Waals surface area contributed by atoms with Gasteiger partial charge in [0, 0.05) is 94.2 Å². The molecule has 22 heteroatoms. The number of guanidine groups is 1. The number of nitrogens with two attached hydrogens (primary N) is 3. The van der Waals surface area contributed by atoms with Gasteiger partial charge in [0.25, 0.3) is 11.8 Å². The summed E-state index contributed by atoms with van der Waals surface area (Å²) in [7, 11) is 1.41. The second kappa shape index (κ2) is 33.5. The molecule has 0 fully saturated rings. The lowest BCUT2D eigenvalue weighted by molar-refractivity contribution is -0.130. The molecule has 75 heavy (non-hydrogen) atoms. The van der Waals surface area contributed by atoms with E-state index in [1.807, 2.05) is 39.8 Å². The van der Waals surface area contributed by atoms with Gasteiger partial charge in [-0.2, -0.15) is 0 Å². The minimum absolute atomic E-state index is 0.0480. The molecule has 0 aliphatic carbocycles. The third kappa shape index (κ3) is 22.1. The van der Waals surface area contributed by atoms with Crippen molar-refractivity contribution in [3.05, 3.63) is 56.8 Å². The monoisotopic (exact) mass is 1050 g/mol. The van der Waals surface area contributed by atoms with Crippen molar-refractivity contribution in [3.8, 4) is 23.0 Å². The number of methoxy groups -OCH3 is 1. The minimum atomic E-state index is -0.949. The minimum Gasteiger partial charge on any atom is -0.507 e. The Kier molecular flexibility index (Phi) is 28.0. The molecule has 1 aromatic heterocycles. The van der Waals surface area contributed by atoms with E-state index in [2.05, 4.69) is 75.2 Å². The lowest BCUT2D eigenvalue weighted by Crippen LogP contribution is -2.49. The van der Waals surface area contributed by atoms with Gasteiger partial charge in [0.2, 0.25) is 17.2 Å². The van der Waals surface area contributed by atoms with Gasteiger partial charge in [0.15, 0.2) is 30.7 Å². The Morgan fingerprint density at radius 1 is 0.693 bits per heavy atom. The lowest BCUT2D eigenvalue weighted by atomic mass is 9.98. The van der Waals surface area contributed by atoms with Gasteiger partial charge in [-0.3, -0.25) is 29.0 Å². The van der Waals surface area contributed by atoms with E-state index in [1.54, 1.807) is 0 Å². The van der Waals surface area contributed by atoms with E-state index in [-0.39, 0.29) is 82.4 Å². The average Bonchev–Trinajstić information content (AvgIpc) is 3.34. The molecule has 4 amide bonds. The van der Waals surface area contributed by atoms with Crippen molar-refractivity contribution < 1.29 is 42.9 Å². The summed E-state index contributed by atoms with van der Waals surface area (Å²) in [5, 5.41) is 36.4. The van der Waals surface area contributed by atoms with Crippen molar-refractivity contribution in [2.45, 2.75) is 118 Å². The number of fused-ring (bicyclic) bond motifs is 2. The van der Waals surface area contributed by atoms with E-state index < -0.39 is 54.2 Å². The van der Waals surface area contributed by atoms with Gasteiger partial charge in [-0.1, -0.05) is 51.0 Å². The summed E-state index contributed by atoms with van der Waals surface area (Å²) in [6.07, 6.45) is 5.45.